The van der Waals surface area contributed by atoms with E-state index in [0.717, 1.165) is 50.6 Å². The van der Waals surface area contributed by atoms with E-state index in [1.807, 2.05) is 0 Å². The number of nitrogens with two attached hydrogens (primary N) is 1. The predicted octanol–water partition coefficient (Wildman–Crippen LogP) is -2.73. The molecule has 0 atom stereocenters. The van der Waals surface area contributed by atoms with Crippen molar-refractivity contribution in [1.82, 2.24) is 5.32 Å². The molecule has 6 rings (SSSR count). The fraction of sp³-hybridized carbons (Fsp3) is 0.387. The molecule has 56 heavy (non-hydrogen) atoms. The summed E-state index contributed by atoms with van der Waals surface area (Å²) in [5, 5.41) is 32.0. The van der Waals surface area contributed by atoms with Gasteiger partial charge in [0.1, 0.15) is 11.4 Å². The van der Waals surface area contributed by atoms with E-state index >= 15 is 0 Å². The van der Waals surface area contributed by atoms with Gasteiger partial charge in [-0.1, -0.05) is 0 Å². The van der Waals surface area contributed by atoms with Gasteiger partial charge in [-0.05, 0) is 12.1 Å². The van der Waals surface area contributed by atoms with E-state index < -0.39 is 61.9 Å². The molecule has 3 heterocycles. The van der Waals surface area contributed by atoms with Crippen molar-refractivity contribution in [2.24, 2.45) is 0 Å². The van der Waals surface area contributed by atoms with E-state index in [2.05, 4.69) is 10.2 Å². The Bertz CT molecular complexity index is 1620. The van der Waals surface area contributed by atoms with Crippen LogP contribution in [0.25, 0.3) is 0 Å². The van der Waals surface area contributed by atoms with Gasteiger partial charge in [0.25, 0.3) is 17.8 Å². The number of benzene rings is 3. The van der Waals surface area contributed by atoms with Crippen molar-refractivity contribution in [3.8, 4) is 0 Å². The summed E-state index contributed by atoms with van der Waals surface area (Å²) in [4.78, 5) is 32.9. The number of anilines is 3. The Balaban J connectivity index is 0. The molecule has 3 N–H and O–H groups in total. The van der Waals surface area contributed by atoms with E-state index in [1.165, 1.54) is 4.90 Å². The number of hydrogen-bond acceptors (Lipinski definition) is 14. The molecule has 0 amide bonds. The predicted molar refractivity (Wildman–Crippen MR) is 175 cm³/mol. The minimum atomic E-state index is -1.71. The summed E-state index contributed by atoms with van der Waals surface area (Å²) in [6, 6.07) is 4.36. The van der Waals surface area contributed by atoms with Crippen molar-refractivity contribution in [3.63, 3.8) is 0 Å². The van der Waals surface area contributed by atoms with Crippen LogP contribution in [0.15, 0.2) is 36.4 Å². The van der Waals surface area contributed by atoms with Gasteiger partial charge in [-0.25, -0.2) is 30.7 Å². The maximum atomic E-state index is 13.6. The molecule has 3 aromatic rings. The zero-order chi connectivity index (χ0) is 40.2. The third-order valence-electron chi connectivity index (χ3n) is 6.97. The normalized spacial score (nSPS) is 14.4. The average Bonchev–Trinajstić information content (AvgIpc) is 3.15. The summed E-state index contributed by atoms with van der Waals surface area (Å²) in [5.74, 6) is -7.91. The number of nitro groups is 2. The largest absolute Gasteiger partial charge is 1.00 e. The maximum Gasteiger partial charge on any atom is 1.00 e. The Kier molecular flexibility index (Phi) is 28.1. The smallest absolute Gasteiger partial charge is 1.00 e. The van der Waals surface area contributed by atoms with Gasteiger partial charge in [0, 0.05) is 45.0 Å². The Morgan fingerprint density at radius 1 is 0.643 bits per heavy atom. The number of hydrogen-bond donors (Lipinski definition) is 2. The van der Waals surface area contributed by atoms with Crippen LogP contribution in [0.2, 0.25) is 0 Å². The first-order valence-corrected chi connectivity index (χ1v) is 15.5. The monoisotopic (exact) mass is 862 g/mol. The van der Waals surface area contributed by atoms with Crippen LogP contribution in [0, 0.1) is 60.9 Å². The van der Waals surface area contributed by atoms with Gasteiger partial charge < -0.3 is 46.6 Å². The van der Waals surface area contributed by atoms with Crippen LogP contribution in [0.4, 0.5) is 59.2 Å². The number of ether oxygens (including phenoxy) is 3. The Morgan fingerprint density at radius 2 is 0.946 bits per heavy atom. The van der Waals surface area contributed by atoms with Crippen LogP contribution in [0.5, 0.6) is 0 Å². The van der Waals surface area contributed by atoms with E-state index in [1.54, 1.807) is 4.90 Å². The Morgan fingerprint density at radius 3 is 1.21 bits per heavy atom. The zero-order valence-electron chi connectivity index (χ0n) is 31.1. The Hall–Kier alpha value is -2.09. The number of halogens is 7. The molecular weight excluding hydrogens is 828 g/mol. The summed E-state index contributed by atoms with van der Waals surface area (Å²) < 4.78 is 106. The van der Waals surface area contributed by atoms with E-state index in [-0.39, 0.29) is 128 Å². The molecule has 0 bridgehead atoms. The van der Waals surface area contributed by atoms with Crippen LogP contribution < -0.4 is 129 Å². The molecule has 0 spiro atoms. The number of carbonyl (C=O) groups is 1. The second-order valence-electron chi connectivity index (χ2n) is 10.6. The molecule has 16 nitrogen and oxygen atoms in total. The molecule has 3 aromatic carbocycles. The quantitative estimate of drug-likeness (QED) is 0.0391. The van der Waals surface area contributed by atoms with Crippen molar-refractivity contribution in [1.29, 1.82) is 0 Å². The molecule has 0 radical (unpaired) electrons. The number of carbonyl (C=O) groups excluding carboxylic acids is 1. The molecule has 3 aliphatic heterocycles. The van der Waals surface area contributed by atoms with Gasteiger partial charge in [-0.15, -0.1) is 0 Å². The first kappa shape index (κ1) is 53.9. The fourth-order valence-electron chi connectivity index (χ4n) is 4.58. The van der Waals surface area contributed by atoms with Gasteiger partial charge in [-0.3, -0.25) is 25.0 Å². The molecule has 3 aliphatic rings. The molecule has 0 aliphatic carbocycles. The van der Waals surface area contributed by atoms with Crippen molar-refractivity contribution in [2.45, 2.75) is 0 Å². The molecule has 0 saturated carbocycles. The van der Waals surface area contributed by atoms with Crippen LogP contribution in [-0.2, 0) is 23.9 Å². The molecule has 0 aromatic heterocycles. The number of nitrogens with one attached hydrogen (secondary N) is 1. The number of rotatable bonds is 5. The summed E-state index contributed by atoms with van der Waals surface area (Å²) in [7, 11) is 0. The minimum absolute atomic E-state index is 0. The summed E-state index contributed by atoms with van der Waals surface area (Å²) >= 11 is 0. The van der Waals surface area contributed by atoms with Gasteiger partial charge >= 0.3 is 103 Å². The van der Waals surface area contributed by atoms with E-state index in [0.29, 0.717) is 64.7 Å². The fourth-order valence-corrected chi connectivity index (χ4v) is 4.58. The number of morpholine rings is 3. The average molecular weight is 863 g/mol. The van der Waals surface area contributed by atoms with Gasteiger partial charge in [-0.2, -0.15) is 0 Å². The SMILES string of the molecule is C1COCCN1.Nc1cc(F)c(N2CCOCC2)c(F)c1.O=CO[O-].O=[N+]([O-])c1cc(F)c(F)c(F)c1.O=[N+]([O-])c1cc(F)c(N2CCOCC2)c(F)c1.[H-].[K+].[K+]. The minimum Gasteiger partial charge on any atom is -1.00 e. The van der Waals surface area contributed by atoms with E-state index in [9.17, 15) is 51.0 Å². The van der Waals surface area contributed by atoms with Gasteiger partial charge in [0.2, 0.25) is 0 Å². The summed E-state index contributed by atoms with van der Waals surface area (Å²) in [6.45, 7) is 7.13. The van der Waals surface area contributed by atoms with Crippen molar-refractivity contribution in [2.75, 3.05) is 94.4 Å². The second kappa shape index (κ2) is 29.2. The number of nitrogens with zero attached hydrogens (tertiary/aromatic N) is 4. The molecule has 0 unspecified atom stereocenters. The molecular formula is C31H35F7K2N6O10. The first-order chi connectivity index (χ1) is 25.7. The van der Waals surface area contributed by atoms with Crippen molar-refractivity contribution >= 4 is 34.9 Å². The molecule has 300 valence electrons. The van der Waals surface area contributed by atoms with Gasteiger partial charge in [0.15, 0.2) is 40.7 Å². The topological polar surface area (TPSA) is 208 Å². The third kappa shape index (κ3) is 18.7. The van der Waals surface area contributed by atoms with Crippen LogP contribution in [0.1, 0.15) is 1.43 Å². The zero-order valence-corrected chi connectivity index (χ0v) is 36.4. The second-order valence-corrected chi connectivity index (χ2v) is 10.6. The van der Waals surface area contributed by atoms with Crippen LogP contribution in [-0.4, -0.2) is 95.2 Å². The number of non-ortho nitro benzene ring substituents is 2. The standard InChI is InChI=1S/C10H10F2N2O3.C10H12F2N2O.C6H2F3NO2.C4H9NO.CH2O3.2K.H/c11-8-5-7(14(15)16)6-9(12)10(8)13-1-3-17-4-2-13;11-8-5-7(13)6-9(12)10(8)14-1-3-15-4-2-14;7-4-1-3(10(11)12)2-5(8)6(4)9;1-3-6-4-2-5-1;2-1-4-3;;;/h5-6H,1-4H2;5-6H,1-4,13H2;1-2H;5H,1-4H2;1,3H;;;/q;;;;;2*+1;-1/p-1. The molecule has 25 heteroatoms. The summed E-state index contributed by atoms with van der Waals surface area (Å²) in [6.07, 6.45) is 0. The van der Waals surface area contributed by atoms with Gasteiger partial charge in [0.05, 0.1) is 73.8 Å². The molecule has 3 saturated heterocycles. The Labute approximate surface area is 401 Å². The first-order valence-electron chi connectivity index (χ1n) is 15.5. The van der Waals surface area contributed by atoms with Crippen molar-refractivity contribution < 1.29 is 174 Å². The summed E-state index contributed by atoms with van der Waals surface area (Å²) in [5.41, 5.74) is 3.80. The van der Waals surface area contributed by atoms with E-state index in [4.69, 9.17) is 30.0 Å². The maximum absolute atomic E-state index is 13.6. The molecule has 3 fully saturated rings. The van der Waals surface area contributed by atoms with Crippen LogP contribution >= 0.6 is 0 Å². The third-order valence-corrected chi connectivity index (χ3v) is 6.97. The number of nitro benzene ring substituents is 2. The number of nitrogen functional groups attached to an aromatic ring is 1. The van der Waals surface area contributed by atoms with Crippen molar-refractivity contribution in [3.05, 3.63) is 97.3 Å². The van der Waals surface area contributed by atoms with Crippen LogP contribution in [0.3, 0.4) is 0 Å².